The topological polar surface area (TPSA) is 87.8 Å². The van der Waals surface area contributed by atoms with Crippen LogP contribution in [0.2, 0.25) is 5.02 Å². The predicted molar refractivity (Wildman–Crippen MR) is 94.0 cm³/mol. The number of hydrazone groups is 1. The Morgan fingerprint density at radius 3 is 2.50 bits per heavy atom. The van der Waals surface area contributed by atoms with Gasteiger partial charge in [0.05, 0.1) is 10.7 Å². The minimum absolute atomic E-state index is 0.0331. The Kier molecular flexibility index (Phi) is 4.85. The summed E-state index contributed by atoms with van der Waals surface area (Å²) in [5, 5.41) is 7.80. The SMILES string of the molecule is NC(=O)C1CC(C(=O)Nc2ccc(Cl)c(F)c2)=NN1c1ccc(F)cc1. The first-order valence-electron chi connectivity index (χ1n) is 7.53. The second kappa shape index (κ2) is 7.09. The fourth-order valence-corrected chi connectivity index (χ4v) is 2.60. The second-order valence-electron chi connectivity index (χ2n) is 5.57. The lowest BCUT2D eigenvalue weighted by atomic mass is 10.1. The molecule has 0 bridgehead atoms. The fourth-order valence-electron chi connectivity index (χ4n) is 2.48. The van der Waals surface area contributed by atoms with E-state index in [0.29, 0.717) is 5.69 Å². The predicted octanol–water partition coefficient (Wildman–Crippen LogP) is 2.68. The molecule has 0 radical (unpaired) electrons. The molecule has 1 aliphatic heterocycles. The van der Waals surface area contributed by atoms with Crippen LogP contribution in [0.15, 0.2) is 47.6 Å². The van der Waals surface area contributed by atoms with E-state index in [2.05, 4.69) is 10.4 Å². The van der Waals surface area contributed by atoms with Crippen LogP contribution in [0.5, 0.6) is 0 Å². The van der Waals surface area contributed by atoms with Crippen molar-refractivity contribution in [3.63, 3.8) is 0 Å². The molecule has 3 rings (SSSR count). The number of carbonyl (C=O) groups excluding carboxylic acids is 2. The third kappa shape index (κ3) is 3.65. The third-order valence-electron chi connectivity index (χ3n) is 3.77. The number of hydrogen-bond acceptors (Lipinski definition) is 4. The third-order valence-corrected chi connectivity index (χ3v) is 4.08. The van der Waals surface area contributed by atoms with Gasteiger partial charge in [-0.2, -0.15) is 5.10 Å². The van der Waals surface area contributed by atoms with E-state index in [-0.39, 0.29) is 22.8 Å². The number of nitrogens with zero attached hydrogens (tertiary/aromatic N) is 2. The van der Waals surface area contributed by atoms with E-state index in [1.54, 1.807) is 0 Å². The average molecular weight is 379 g/mol. The quantitative estimate of drug-likeness (QED) is 0.857. The molecule has 0 saturated heterocycles. The van der Waals surface area contributed by atoms with Gasteiger partial charge in [0, 0.05) is 12.1 Å². The van der Waals surface area contributed by atoms with E-state index in [4.69, 9.17) is 17.3 Å². The fraction of sp³-hybridized carbons (Fsp3) is 0.118. The van der Waals surface area contributed by atoms with Crippen molar-refractivity contribution in [2.45, 2.75) is 12.5 Å². The van der Waals surface area contributed by atoms with Gasteiger partial charge in [-0.3, -0.25) is 14.6 Å². The molecule has 1 atom stereocenters. The smallest absolute Gasteiger partial charge is 0.271 e. The highest BCUT2D eigenvalue weighted by Crippen LogP contribution is 2.25. The summed E-state index contributed by atoms with van der Waals surface area (Å²) in [6, 6.07) is 8.17. The van der Waals surface area contributed by atoms with Gasteiger partial charge in [0.1, 0.15) is 23.4 Å². The molecule has 2 aromatic rings. The van der Waals surface area contributed by atoms with Crippen molar-refractivity contribution < 1.29 is 18.4 Å². The highest BCUT2D eigenvalue weighted by molar-refractivity contribution is 6.44. The number of benzene rings is 2. The summed E-state index contributed by atoms with van der Waals surface area (Å²) in [6.45, 7) is 0. The summed E-state index contributed by atoms with van der Waals surface area (Å²) in [7, 11) is 0. The summed E-state index contributed by atoms with van der Waals surface area (Å²) in [5.41, 5.74) is 6.02. The molecule has 1 unspecified atom stereocenters. The van der Waals surface area contributed by atoms with Crippen molar-refractivity contribution in [1.82, 2.24) is 0 Å². The van der Waals surface area contributed by atoms with E-state index < -0.39 is 29.5 Å². The summed E-state index contributed by atoms with van der Waals surface area (Å²) in [6.07, 6.45) is -0.0331. The Morgan fingerprint density at radius 2 is 1.88 bits per heavy atom. The molecule has 1 heterocycles. The van der Waals surface area contributed by atoms with Crippen LogP contribution in [0.25, 0.3) is 0 Å². The van der Waals surface area contributed by atoms with Crippen molar-refractivity contribution in [1.29, 1.82) is 0 Å². The first kappa shape index (κ1) is 17.8. The maximum absolute atomic E-state index is 13.5. The Bertz CT molecular complexity index is 902. The maximum Gasteiger partial charge on any atom is 0.271 e. The van der Waals surface area contributed by atoms with Crippen LogP contribution in [-0.4, -0.2) is 23.6 Å². The van der Waals surface area contributed by atoms with Crippen molar-refractivity contribution >= 4 is 40.5 Å². The molecule has 0 fully saturated rings. The highest BCUT2D eigenvalue weighted by atomic mass is 35.5. The van der Waals surface area contributed by atoms with E-state index in [1.807, 2.05) is 0 Å². The van der Waals surface area contributed by atoms with Crippen molar-refractivity contribution in [2.24, 2.45) is 10.8 Å². The maximum atomic E-state index is 13.5. The zero-order valence-electron chi connectivity index (χ0n) is 13.2. The molecule has 26 heavy (non-hydrogen) atoms. The molecule has 134 valence electrons. The minimum atomic E-state index is -0.886. The molecule has 9 heteroatoms. The van der Waals surface area contributed by atoms with Gasteiger partial charge in [-0.25, -0.2) is 8.78 Å². The van der Waals surface area contributed by atoms with E-state index in [9.17, 15) is 18.4 Å². The van der Waals surface area contributed by atoms with Gasteiger partial charge < -0.3 is 11.1 Å². The Morgan fingerprint density at radius 1 is 1.19 bits per heavy atom. The van der Waals surface area contributed by atoms with E-state index >= 15 is 0 Å². The lowest BCUT2D eigenvalue weighted by Crippen LogP contribution is -2.39. The van der Waals surface area contributed by atoms with Crippen molar-refractivity contribution in [3.05, 3.63) is 59.1 Å². The normalized spacial score (nSPS) is 16.3. The summed E-state index contributed by atoms with van der Waals surface area (Å²) in [5.74, 6) is -2.42. The Labute approximate surface area is 152 Å². The lowest BCUT2D eigenvalue weighted by Gasteiger charge is -2.20. The molecular formula is C17H13ClF2N4O2. The molecule has 3 N–H and O–H groups in total. The van der Waals surface area contributed by atoms with E-state index in [1.165, 1.54) is 41.4 Å². The summed E-state index contributed by atoms with van der Waals surface area (Å²) in [4.78, 5) is 24.1. The summed E-state index contributed by atoms with van der Waals surface area (Å²) < 4.78 is 26.6. The number of primary amides is 1. The molecule has 6 nitrogen and oxygen atoms in total. The van der Waals surface area contributed by atoms with Crippen LogP contribution in [0.4, 0.5) is 20.2 Å². The summed E-state index contributed by atoms with van der Waals surface area (Å²) >= 11 is 5.60. The Hall–Kier alpha value is -3.00. The molecule has 2 amide bonds. The molecule has 0 aromatic heterocycles. The number of rotatable bonds is 4. The Balaban J connectivity index is 1.83. The van der Waals surface area contributed by atoms with Crippen LogP contribution >= 0.6 is 11.6 Å². The van der Waals surface area contributed by atoms with Gasteiger partial charge in [-0.05, 0) is 42.5 Å². The molecule has 0 saturated carbocycles. The largest absolute Gasteiger partial charge is 0.368 e. The zero-order chi connectivity index (χ0) is 18.8. The zero-order valence-corrected chi connectivity index (χ0v) is 14.0. The number of halogens is 3. The number of nitrogens with two attached hydrogens (primary N) is 1. The highest BCUT2D eigenvalue weighted by Gasteiger charge is 2.35. The number of amides is 2. The lowest BCUT2D eigenvalue weighted by molar-refractivity contribution is -0.119. The molecule has 2 aromatic carbocycles. The van der Waals surface area contributed by atoms with Gasteiger partial charge in [0.25, 0.3) is 5.91 Å². The van der Waals surface area contributed by atoms with Crippen molar-refractivity contribution in [2.75, 3.05) is 10.3 Å². The van der Waals surface area contributed by atoms with Crippen LogP contribution in [-0.2, 0) is 9.59 Å². The van der Waals surface area contributed by atoms with Gasteiger partial charge in [-0.1, -0.05) is 11.6 Å². The number of hydrogen-bond donors (Lipinski definition) is 2. The van der Waals surface area contributed by atoms with Gasteiger partial charge >= 0.3 is 0 Å². The van der Waals surface area contributed by atoms with Crippen molar-refractivity contribution in [3.8, 4) is 0 Å². The molecule has 0 spiro atoms. The van der Waals surface area contributed by atoms with Gasteiger partial charge in [-0.15, -0.1) is 0 Å². The first-order valence-corrected chi connectivity index (χ1v) is 7.91. The van der Waals surface area contributed by atoms with Gasteiger partial charge in [0.2, 0.25) is 5.91 Å². The molecular weight excluding hydrogens is 366 g/mol. The first-order chi connectivity index (χ1) is 12.3. The second-order valence-corrected chi connectivity index (χ2v) is 5.98. The monoisotopic (exact) mass is 378 g/mol. The number of anilines is 2. The average Bonchev–Trinajstić information content (AvgIpc) is 3.04. The van der Waals surface area contributed by atoms with Crippen LogP contribution in [0.1, 0.15) is 6.42 Å². The standard InChI is InChI=1S/C17H13ClF2N4O2/c18-12-6-3-10(7-13(12)20)22-17(26)14-8-15(16(21)25)24(23-14)11-4-1-9(19)2-5-11/h1-7,15H,8H2,(H2,21,25)(H,22,26). The number of nitrogens with one attached hydrogen (secondary N) is 1. The van der Waals surface area contributed by atoms with Crippen LogP contribution in [0, 0.1) is 11.6 Å². The minimum Gasteiger partial charge on any atom is -0.368 e. The molecule has 0 aliphatic carbocycles. The molecule has 1 aliphatic rings. The van der Waals surface area contributed by atoms with E-state index in [0.717, 1.165) is 6.07 Å². The van der Waals surface area contributed by atoms with Crippen LogP contribution in [0.3, 0.4) is 0 Å². The number of carbonyl (C=O) groups is 2. The van der Waals surface area contributed by atoms with Crippen LogP contribution < -0.4 is 16.1 Å². The van der Waals surface area contributed by atoms with Gasteiger partial charge in [0.15, 0.2) is 0 Å².